The fraction of sp³-hybridized carbons (Fsp3) is 0.231. The van der Waals surface area contributed by atoms with Gasteiger partial charge in [-0.2, -0.15) is 0 Å². The first-order valence-corrected chi connectivity index (χ1v) is 8.19. The summed E-state index contributed by atoms with van der Waals surface area (Å²) in [4.78, 5) is 24.1. The number of fused-ring (bicyclic) bond motifs is 1. The predicted molar refractivity (Wildman–Crippen MR) is 78.7 cm³/mol. The van der Waals surface area contributed by atoms with Crippen LogP contribution in [0.3, 0.4) is 0 Å². The van der Waals surface area contributed by atoms with Crippen LogP contribution < -0.4 is 10.9 Å². The largest absolute Gasteiger partial charge is 0.347 e. The van der Waals surface area contributed by atoms with E-state index >= 15 is 0 Å². The van der Waals surface area contributed by atoms with Gasteiger partial charge in [-0.05, 0) is 18.2 Å². The number of nitrogens with zero attached hydrogens (tertiary/aromatic N) is 3. The van der Waals surface area contributed by atoms with Crippen molar-refractivity contribution >= 4 is 26.6 Å². The molecule has 2 aromatic rings. The van der Waals surface area contributed by atoms with Crippen LogP contribution in [0, 0.1) is 0 Å². The fourth-order valence-electron chi connectivity index (χ4n) is 2.18. The standard InChI is InChI=1S/C13H12N4O4S/c18-12(14-9-5-6-22(20,21)8-9)7-17-13(19)10-3-1-2-4-11(10)15-16-17/h1-6,9H,7-8H2,(H,14,18)/t9-/m1/s1. The summed E-state index contributed by atoms with van der Waals surface area (Å²) < 4.78 is 23.5. The van der Waals surface area contributed by atoms with Gasteiger partial charge < -0.3 is 5.32 Å². The summed E-state index contributed by atoms with van der Waals surface area (Å²) in [6.45, 7) is -0.318. The molecule has 8 nitrogen and oxygen atoms in total. The lowest BCUT2D eigenvalue weighted by Crippen LogP contribution is -2.40. The average molecular weight is 320 g/mol. The van der Waals surface area contributed by atoms with Crippen LogP contribution in [0.1, 0.15) is 0 Å². The number of amides is 1. The van der Waals surface area contributed by atoms with Crippen molar-refractivity contribution < 1.29 is 13.2 Å². The second-order valence-corrected chi connectivity index (χ2v) is 6.83. The summed E-state index contributed by atoms with van der Waals surface area (Å²) >= 11 is 0. The number of hydrogen-bond acceptors (Lipinski definition) is 6. The van der Waals surface area contributed by atoms with Crippen LogP contribution in [0.4, 0.5) is 0 Å². The van der Waals surface area contributed by atoms with E-state index < -0.39 is 27.3 Å². The minimum absolute atomic E-state index is 0.170. The molecule has 1 amide bonds. The molecule has 0 bridgehead atoms. The zero-order chi connectivity index (χ0) is 15.7. The molecule has 0 spiro atoms. The van der Waals surface area contributed by atoms with Crippen molar-refractivity contribution in [3.8, 4) is 0 Å². The highest BCUT2D eigenvalue weighted by molar-refractivity contribution is 7.94. The Morgan fingerprint density at radius 1 is 1.36 bits per heavy atom. The monoisotopic (exact) mass is 320 g/mol. The number of carbonyl (C=O) groups excluding carboxylic acids is 1. The molecule has 1 aliphatic rings. The average Bonchev–Trinajstić information content (AvgIpc) is 2.81. The van der Waals surface area contributed by atoms with E-state index in [1.807, 2.05) is 0 Å². The molecule has 1 aromatic carbocycles. The summed E-state index contributed by atoms with van der Waals surface area (Å²) in [7, 11) is -3.24. The van der Waals surface area contributed by atoms with Crippen molar-refractivity contribution in [1.29, 1.82) is 0 Å². The Hall–Kier alpha value is -2.55. The lowest BCUT2D eigenvalue weighted by atomic mass is 10.2. The quantitative estimate of drug-likeness (QED) is 0.794. The minimum Gasteiger partial charge on any atom is -0.347 e. The van der Waals surface area contributed by atoms with Crippen LogP contribution in [0.2, 0.25) is 0 Å². The Labute approximate surface area is 125 Å². The van der Waals surface area contributed by atoms with Crippen LogP contribution in [-0.2, 0) is 21.2 Å². The smallest absolute Gasteiger partial charge is 0.278 e. The summed E-state index contributed by atoms with van der Waals surface area (Å²) in [6.07, 6.45) is 1.40. The summed E-state index contributed by atoms with van der Waals surface area (Å²) in [5.74, 6) is -0.671. The number of hydrogen-bond donors (Lipinski definition) is 1. The number of sulfone groups is 1. The zero-order valence-electron chi connectivity index (χ0n) is 11.3. The SMILES string of the molecule is O=C(Cn1nnc2ccccc2c1=O)N[C@@H]1C=CS(=O)(=O)C1. The molecule has 9 heteroatoms. The highest BCUT2D eigenvalue weighted by Crippen LogP contribution is 2.07. The van der Waals surface area contributed by atoms with Crippen LogP contribution in [0.25, 0.3) is 10.9 Å². The highest BCUT2D eigenvalue weighted by atomic mass is 32.2. The van der Waals surface area contributed by atoms with Gasteiger partial charge in [-0.3, -0.25) is 9.59 Å². The molecule has 22 heavy (non-hydrogen) atoms. The van der Waals surface area contributed by atoms with Crippen LogP contribution in [0.5, 0.6) is 0 Å². The van der Waals surface area contributed by atoms with Gasteiger partial charge in [0, 0.05) is 5.41 Å². The van der Waals surface area contributed by atoms with Crippen LogP contribution in [-0.4, -0.2) is 41.1 Å². The van der Waals surface area contributed by atoms with Gasteiger partial charge in [0.1, 0.15) is 12.1 Å². The Balaban J connectivity index is 1.76. The molecular weight excluding hydrogens is 308 g/mol. The first-order valence-electron chi connectivity index (χ1n) is 6.47. The van der Waals surface area contributed by atoms with Crippen molar-refractivity contribution in [3.05, 3.63) is 46.1 Å². The molecule has 114 valence electrons. The fourth-order valence-corrected chi connectivity index (χ4v) is 3.42. The van der Waals surface area contributed by atoms with Crippen molar-refractivity contribution in [1.82, 2.24) is 20.3 Å². The van der Waals surface area contributed by atoms with E-state index in [0.717, 1.165) is 10.1 Å². The van der Waals surface area contributed by atoms with E-state index in [-0.39, 0.29) is 12.3 Å². The molecule has 0 unspecified atom stereocenters. The van der Waals surface area contributed by atoms with E-state index in [1.54, 1.807) is 24.3 Å². The maximum Gasteiger partial charge on any atom is 0.278 e. The van der Waals surface area contributed by atoms with Gasteiger partial charge >= 0.3 is 0 Å². The molecule has 3 rings (SSSR count). The topological polar surface area (TPSA) is 111 Å². The molecular formula is C13H12N4O4S. The second kappa shape index (κ2) is 5.34. The Morgan fingerprint density at radius 2 is 2.14 bits per heavy atom. The second-order valence-electron chi connectivity index (χ2n) is 4.90. The predicted octanol–water partition coefficient (Wildman–Crippen LogP) is -0.782. The third kappa shape index (κ3) is 2.89. The first kappa shape index (κ1) is 14.4. The molecule has 0 saturated carbocycles. The Morgan fingerprint density at radius 3 is 2.86 bits per heavy atom. The van der Waals surface area contributed by atoms with Crippen molar-refractivity contribution in [2.45, 2.75) is 12.6 Å². The maximum absolute atomic E-state index is 12.2. The molecule has 0 radical (unpaired) electrons. The van der Waals surface area contributed by atoms with E-state index in [1.165, 1.54) is 6.08 Å². The number of rotatable bonds is 3. The number of nitrogens with one attached hydrogen (secondary N) is 1. The molecule has 0 aliphatic carbocycles. The Bertz CT molecular complexity index is 932. The molecule has 1 aliphatic heterocycles. The van der Waals surface area contributed by atoms with Gasteiger partial charge in [-0.1, -0.05) is 17.3 Å². The summed E-state index contributed by atoms with van der Waals surface area (Å²) in [5, 5.41) is 11.5. The summed E-state index contributed by atoms with van der Waals surface area (Å²) in [5.41, 5.74) is 0.0318. The van der Waals surface area contributed by atoms with Gasteiger partial charge in [0.25, 0.3) is 5.56 Å². The zero-order valence-corrected chi connectivity index (χ0v) is 12.2. The van der Waals surface area contributed by atoms with Gasteiger partial charge in [0.15, 0.2) is 9.84 Å². The minimum atomic E-state index is -3.24. The number of aromatic nitrogens is 3. The van der Waals surface area contributed by atoms with E-state index in [4.69, 9.17) is 0 Å². The van der Waals surface area contributed by atoms with Crippen LogP contribution in [0.15, 0.2) is 40.5 Å². The van der Waals surface area contributed by atoms with Crippen molar-refractivity contribution in [2.24, 2.45) is 0 Å². The molecule has 2 heterocycles. The molecule has 0 saturated heterocycles. The molecule has 1 N–H and O–H groups in total. The van der Waals surface area contributed by atoms with Gasteiger partial charge in [-0.25, -0.2) is 13.1 Å². The van der Waals surface area contributed by atoms with Crippen molar-refractivity contribution in [3.63, 3.8) is 0 Å². The summed E-state index contributed by atoms with van der Waals surface area (Å²) in [6, 6.07) is 6.11. The lowest BCUT2D eigenvalue weighted by Gasteiger charge is -2.10. The molecule has 1 atom stereocenters. The van der Waals surface area contributed by atoms with Gasteiger partial charge in [-0.15, -0.1) is 5.10 Å². The lowest BCUT2D eigenvalue weighted by molar-refractivity contribution is -0.122. The normalized spacial score (nSPS) is 19.4. The maximum atomic E-state index is 12.2. The van der Waals surface area contributed by atoms with E-state index in [2.05, 4.69) is 15.6 Å². The van der Waals surface area contributed by atoms with Crippen molar-refractivity contribution in [2.75, 3.05) is 5.75 Å². The van der Waals surface area contributed by atoms with E-state index in [0.29, 0.717) is 10.9 Å². The van der Waals surface area contributed by atoms with Gasteiger partial charge in [0.05, 0.1) is 17.2 Å². The highest BCUT2D eigenvalue weighted by Gasteiger charge is 2.23. The van der Waals surface area contributed by atoms with E-state index in [9.17, 15) is 18.0 Å². The molecule has 0 fully saturated rings. The Kier molecular flexibility index (Phi) is 3.49. The first-order chi connectivity index (χ1) is 10.4. The van der Waals surface area contributed by atoms with Gasteiger partial charge in [0.2, 0.25) is 5.91 Å². The number of benzene rings is 1. The molecule has 1 aromatic heterocycles. The van der Waals surface area contributed by atoms with Crippen LogP contribution >= 0.6 is 0 Å². The third-order valence-corrected chi connectivity index (χ3v) is 4.59. The third-order valence-electron chi connectivity index (χ3n) is 3.20. The number of carbonyl (C=O) groups is 1.